The van der Waals surface area contributed by atoms with Gasteiger partial charge in [0.05, 0.1) is 5.69 Å². The number of nitrogens with zero attached hydrogens (tertiary/aromatic N) is 1. The molecule has 0 aliphatic heterocycles. The topological polar surface area (TPSA) is 22.1 Å². The zero-order valence-corrected chi connectivity index (χ0v) is 11.8. The molecule has 0 atom stereocenters. The van der Waals surface area contributed by atoms with Crippen molar-refractivity contribution in [1.82, 2.24) is 4.98 Å². The van der Waals surface area contributed by atoms with Crippen LogP contribution in [-0.4, -0.2) is 4.98 Å². The van der Waals surface area contributed by atoms with Gasteiger partial charge in [0.25, 0.3) is 0 Å². The highest BCUT2D eigenvalue weighted by Crippen LogP contribution is 2.24. The number of fused-ring (bicyclic) bond motifs is 1. The molecule has 2 nitrogen and oxygen atoms in total. The minimum atomic E-state index is 0.489. The summed E-state index contributed by atoms with van der Waals surface area (Å²) in [7, 11) is 0. The minimum Gasteiger partial charge on any atom is -0.487 e. The van der Waals surface area contributed by atoms with Crippen molar-refractivity contribution in [3.05, 3.63) is 71.0 Å². The fourth-order valence-electron chi connectivity index (χ4n) is 1.93. The van der Waals surface area contributed by atoms with E-state index in [1.807, 2.05) is 36.4 Å². The second-order valence-electron chi connectivity index (χ2n) is 4.26. The highest BCUT2D eigenvalue weighted by molar-refractivity contribution is 9.10. The van der Waals surface area contributed by atoms with Gasteiger partial charge in [-0.1, -0.05) is 34.1 Å². The maximum Gasteiger partial charge on any atom is 0.130 e. The molecule has 94 valence electrons. The van der Waals surface area contributed by atoms with Crippen molar-refractivity contribution in [2.75, 3.05) is 0 Å². The number of hydrogen-bond donors (Lipinski definition) is 0. The molecule has 0 fully saturated rings. The van der Waals surface area contributed by atoms with Gasteiger partial charge in [0, 0.05) is 10.7 Å². The van der Waals surface area contributed by atoms with Crippen LogP contribution in [-0.2, 0) is 6.61 Å². The molecular weight excluding hydrogens is 302 g/mol. The van der Waals surface area contributed by atoms with E-state index in [1.165, 1.54) is 10.8 Å². The number of halogens is 1. The van der Waals surface area contributed by atoms with Gasteiger partial charge in [-0.15, -0.1) is 0 Å². The molecule has 0 amide bonds. The Morgan fingerprint density at radius 3 is 2.63 bits per heavy atom. The molecule has 0 N–H and O–H groups in total. The molecule has 0 spiro atoms. The maximum absolute atomic E-state index is 5.76. The van der Waals surface area contributed by atoms with Crippen molar-refractivity contribution >= 4 is 26.7 Å². The molecule has 2 aromatic carbocycles. The summed E-state index contributed by atoms with van der Waals surface area (Å²) in [6.45, 7) is 0.489. The van der Waals surface area contributed by atoms with Crippen molar-refractivity contribution in [3.63, 3.8) is 0 Å². The Bertz CT molecular complexity index is 697. The van der Waals surface area contributed by atoms with Gasteiger partial charge in [-0.2, -0.15) is 0 Å². The molecule has 0 saturated carbocycles. The molecule has 0 unspecified atom stereocenters. The van der Waals surface area contributed by atoms with Crippen molar-refractivity contribution in [2.45, 2.75) is 6.61 Å². The van der Waals surface area contributed by atoms with E-state index in [0.717, 1.165) is 15.9 Å². The van der Waals surface area contributed by atoms with Gasteiger partial charge in [-0.3, -0.25) is 4.98 Å². The maximum atomic E-state index is 5.76. The molecule has 3 heteroatoms. The average Bonchev–Trinajstić information content (AvgIpc) is 2.46. The van der Waals surface area contributed by atoms with E-state index in [-0.39, 0.29) is 0 Å². The van der Waals surface area contributed by atoms with E-state index in [0.29, 0.717) is 6.61 Å². The summed E-state index contributed by atoms with van der Waals surface area (Å²) in [5.41, 5.74) is 0.929. The summed E-state index contributed by atoms with van der Waals surface area (Å²) >= 11 is 3.47. The Morgan fingerprint density at radius 2 is 1.79 bits per heavy atom. The monoisotopic (exact) mass is 313 g/mol. The van der Waals surface area contributed by atoms with Crippen LogP contribution in [0.15, 0.2) is 65.3 Å². The number of benzene rings is 2. The molecule has 0 radical (unpaired) electrons. The fourth-order valence-corrected chi connectivity index (χ4v) is 2.30. The molecule has 3 aromatic rings. The molecule has 0 saturated heterocycles. The van der Waals surface area contributed by atoms with Crippen LogP contribution in [0.25, 0.3) is 10.8 Å². The standard InChI is InChI=1S/C16H12BrNO/c17-14-6-4-13-10-16(7-5-12(13)9-14)19-11-15-3-1-2-8-18-15/h1-10H,11H2. The molecule has 0 aliphatic carbocycles. The third kappa shape index (κ3) is 2.93. The Balaban J connectivity index is 1.80. The lowest BCUT2D eigenvalue weighted by molar-refractivity contribution is 0.302. The lowest BCUT2D eigenvalue weighted by atomic mass is 10.1. The van der Waals surface area contributed by atoms with Crippen LogP contribution in [0.4, 0.5) is 0 Å². The van der Waals surface area contributed by atoms with Crippen LogP contribution in [0.3, 0.4) is 0 Å². The van der Waals surface area contributed by atoms with Gasteiger partial charge in [-0.05, 0) is 47.2 Å². The van der Waals surface area contributed by atoms with E-state index in [1.54, 1.807) is 6.20 Å². The van der Waals surface area contributed by atoms with Crippen LogP contribution in [0.1, 0.15) is 5.69 Å². The van der Waals surface area contributed by atoms with Crippen LogP contribution in [0.2, 0.25) is 0 Å². The van der Waals surface area contributed by atoms with Crippen LogP contribution in [0, 0.1) is 0 Å². The number of ether oxygens (including phenoxy) is 1. The summed E-state index contributed by atoms with van der Waals surface area (Å²) < 4.78 is 6.84. The van der Waals surface area contributed by atoms with Crippen molar-refractivity contribution in [1.29, 1.82) is 0 Å². The summed E-state index contributed by atoms with van der Waals surface area (Å²) in [4.78, 5) is 4.24. The Hall–Kier alpha value is -1.87. The van der Waals surface area contributed by atoms with Crippen molar-refractivity contribution < 1.29 is 4.74 Å². The highest BCUT2D eigenvalue weighted by Gasteiger charge is 1.99. The predicted molar refractivity (Wildman–Crippen MR) is 80.2 cm³/mol. The molecule has 1 heterocycles. The van der Waals surface area contributed by atoms with E-state index in [2.05, 4.69) is 39.1 Å². The van der Waals surface area contributed by atoms with Gasteiger partial charge in [-0.25, -0.2) is 0 Å². The smallest absolute Gasteiger partial charge is 0.130 e. The van der Waals surface area contributed by atoms with Gasteiger partial charge in [0.2, 0.25) is 0 Å². The quantitative estimate of drug-likeness (QED) is 0.706. The summed E-state index contributed by atoms with van der Waals surface area (Å²) in [6.07, 6.45) is 1.77. The first-order chi connectivity index (χ1) is 9.31. The van der Waals surface area contributed by atoms with Gasteiger partial charge >= 0.3 is 0 Å². The van der Waals surface area contributed by atoms with Gasteiger partial charge in [0.15, 0.2) is 0 Å². The SMILES string of the molecule is Brc1ccc2cc(OCc3ccccn3)ccc2c1. The van der Waals surface area contributed by atoms with Crippen molar-refractivity contribution in [3.8, 4) is 5.75 Å². The number of pyridine rings is 1. The van der Waals surface area contributed by atoms with Crippen LogP contribution >= 0.6 is 15.9 Å². The Labute approximate surface area is 120 Å². The average molecular weight is 314 g/mol. The fraction of sp³-hybridized carbons (Fsp3) is 0.0625. The first-order valence-electron chi connectivity index (χ1n) is 6.03. The lowest BCUT2D eigenvalue weighted by Gasteiger charge is -2.07. The van der Waals surface area contributed by atoms with Gasteiger partial charge < -0.3 is 4.74 Å². The normalized spacial score (nSPS) is 10.6. The van der Waals surface area contributed by atoms with E-state index < -0.39 is 0 Å². The van der Waals surface area contributed by atoms with Crippen molar-refractivity contribution in [2.24, 2.45) is 0 Å². The third-order valence-electron chi connectivity index (χ3n) is 2.89. The largest absolute Gasteiger partial charge is 0.487 e. The van der Waals surface area contributed by atoms with Crippen LogP contribution in [0.5, 0.6) is 5.75 Å². The van der Waals surface area contributed by atoms with E-state index >= 15 is 0 Å². The van der Waals surface area contributed by atoms with E-state index in [4.69, 9.17) is 4.74 Å². The first-order valence-corrected chi connectivity index (χ1v) is 6.82. The highest BCUT2D eigenvalue weighted by atomic mass is 79.9. The third-order valence-corrected chi connectivity index (χ3v) is 3.38. The molecule has 0 bridgehead atoms. The molecule has 0 aliphatic rings. The summed E-state index contributed by atoms with van der Waals surface area (Å²) in [5.74, 6) is 0.862. The van der Waals surface area contributed by atoms with Crippen LogP contribution < -0.4 is 4.74 Å². The first kappa shape index (κ1) is 12.2. The predicted octanol–water partition coefficient (Wildman–Crippen LogP) is 4.58. The summed E-state index contributed by atoms with van der Waals surface area (Å²) in [6, 6.07) is 18.1. The molecule has 19 heavy (non-hydrogen) atoms. The van der Waals surface area contributed by atoms with Gasteiger partial charge in [0.1, 0.15) is 12.4 Å². The summed E-state index contributed by atoms with van der Waals surface area (Å²) in [5, 5.41) is 2.36. The number of aromatic nitrogens is 1. The molecule has 1 aromatic heterocycles. The number of hydrogen-bond acceptors (Lipinski definition) is 2. The lowest BCUT2D eigenvalue weighted by Crippen LogP contribution is -1.97. The second kappa shape index (κ2) is 5.41. The minimum absolute atomic E-state index is 0.489. The van der Waals surface area contributed by atoms with E-state index in [9.17, 15) is 0 Å². The molecule has 3 rings (SSSR count). The second-order valence-corrected chi connectivity index (χ2v) is 5.18. The number of rotatable bonds is 3. The zero-order chi connectivity index (χ0) is 13.1. The molecular formula is C16H12BrNO. The Kier molecular flexibility index (Phi) is 3.47. The zero-order valence-electron chi connectivity index (χ0n) is 10.2. The Morgan fingerprint density at radius 1 is 0.947 bits per heavy atom.